The summed E-state index contributed by atoms with van der Waals surface area (Å²) in [6.07, 6.45) is 2.53. The van der Waals surface area contributed by atoms with Crippen LogP contribution in [0.15, 0.2) is 44.0 Å². The standard InChI is InChI=1S/C24H32N2O8S2/c1-23(2,3)19-11-17(35(29,30)31)9-15(21(19)27)13-25-7-8-26-14-16-10-18(36(32,33)34)12-20(22(16)28)24(4,5)6/h9-14,27-28H,7-8H2,1-6H3,(H,29,30,31)(H,32,33,34). The molecule has 4 N–H and O–H groups in total. The molecule has 2 aromatic carbocycles. The first-order chi connectivity index (χ1) is 16.2. The lowest BCUT2D eigenvalue weighted by molar-refractivity contribution is 0.442. The molecule has 0 saturated carbocycles. The summed E-state index contributed by atoms with van der Waals surface area (Å²) >= 11 is 0. The third-order valence-corrected chi connectivity index (χ3v) is 6.92. The largest absolute Gasteiger partial charge is 0.507 e. The van der Waals surface area contributed by atoms with E-state index in [9.17, 15) is 36.2 Å². The van der Waals surface area contributed by atoms with Crippen molar-refractivity contribution in [3.8, 4) is 11.5 Å². The van der Waals surface area contributed by atoms with E-state index in [1.807, 2.05) is 0 Å². The summed E-state index contributed by atoms with van der Waals surface area (Å²) in [5, 5.41) is 21.2. The van der Waals surface area contributed by atoms with Crippen LogP contribution in [-0.4, -0.2) is 61.7 Å². The highest BCUT2D eigenvalue weighted by Crippen LogP contribution is 2.36. The number of hydrogen-bond donors (Lipinski definition) is 4. The number of aliphatic imine (C=N–C) groups is 2. The first kappa shape index (κ1) is 29.4. The van der Waals surface area contributed by atoms with Crippen LogP contribution in [0.1, 0.15) is 63.8 Å². The molecular weight excluding hydrogens is 508 g/mol. The van der Waals surface area contributed by atoms with Gasteiger partial charge in [-0.05, 0) is 35.1 Å². The Morgan fingerprint density at radius 3 is 1.22 bits per heavy atom. The zero-order chi connectivity index (χ0) is 27.7. The number of rotatable bonds is 7. The maximum absolute atomic E-state index is 11.7. The molecule has 0 fully saturated rings. The molecule has 10 nitrogen and oxygen atoms in total. The summed E-state index contributed by atoms with van der Waals surface area (Å²) in [6, 6.07) is 4.65. The molecule has 198 valence electrons. The molecule has 0 bridgehead atoms. The van der Waals surface area contributed by atoms with Crippen molar-refractivity contribution in [1.29, 1.82) is 0 Å². The summed E-state index contributed by atoms with van der Waals surface area (Å²) in [7, 11) is -9.02. The Balaban J connectivity index is 2.30. The minimum Gasteiger partial charge on any atom is -0.507 e. The molecule has 0 heterocycles. The van der Waals surface area contributed by atoms with Crippen LogP contribution in [-0.2, 0) is 31.1 Å². The summed E-state index contributed by atoms with van der Waals surface area (Å²) in [4.78, 5) is 7.55. The number of phenolic OH excluding ortho intramolecular Hbond substituents is 2. The summed E-state index contributed by atoms with van der Waals surface area (Å²) in [5.41, 5.74) is -0.369. The van der Waals surface area contributed by atoms with E-state index in [1.54, 1.807) is 41.5 Å². The molecule has 0 aliphatic carbocycles. The van der Waals surface area contributed by atoms with Gasteiger partial charge < -0.3 is 10.2 Å². The second-order valence-corrected chi connectivity index (χ2v) is 13.2. The monoisotopic (exact) mass is 540 g/mol. The molecule has 0 aromatic heterocycles. The molecule has 0 saturated heterocycles. The van der Waals surface area contributed by atoms with Gasteiger partial charge >= 0.3 is 0 Å². The Labute approximate surface area is 212 Å². The average Bonchev–Trinajstić information content (AvgIpc) is 2.69. The van der Waals surface area contributed by atoms with Crippen molar-refractivity contribution >= 4 is 32.7 Å². The van der Waals surface area contributed by atoms with Crippen molar-refractivity contribution in [3.63, 3.8) is 0 Å². The van der Waals surface area contributed by atoms with Crippen molar-refractivity contribution in [1.82, 2.24) is 0 Å². The maximum atomic E-state index is 11.7. The Morgan fingerprint density at radius 1 is 0.667 bits per heavy atom. The first-order valence-electron chi connectivity index (χ1n) is 10.9. The van der Waals surface area contributed by atoms with Crippen LogP contribution in [0.25, 0.3) is 0 Å². The topological polar surface area (TPSA) is 174 Å². The minimum atomic E-state index is -4.51. The van der Waals surface area contributed by atoms with Crippen LogP contribution in [0.3, 0.4) is 0 Å². The highest BCUT2D eigenvalue weighted by molar-refractivity contribution is 7.86. The zero-order valence-electron chi connectivity index (χ0n) is 21.0. The summed E-state index contributed by atoms with van der Waals surface area (Å²) < 4.78 is 65.6. The van der Waals surface area contributed by atoms with E-state index in [4.69, 9.17) is 0 Å². The van der Waals surface area contributed by atoms with E-state index in [-0.39, 0.29) is 45.5 Å². The molecule has 12 heteroatoms. The molecule has 0 atom stereocenters. The number of hydrogen-bond acceptors (Lipinski definition) is 8. The Bertz CT molecular complexity index is 1300. The average molecular weight is 541 g/mol. The summed E-state index contributed by atoms with van der Waals surface area (Å²) in [5.74, 6) is -0.326. The molecule has 0 aliphatic heterocycles. The fourth-order valence-corrected chi connectivity index (χ4v) is 4.42. The SMILES string of the molecule is CC(C)(C)c1cc(S(=O)(=O)O)cc(C=NCCN=Cc2cc(S(=O)(=O)O)cc(C(C)(C)C)c2O)c1O. The van der Waals surface area contributed by atoms with Gasteiger partial charge in [0.1, 0.15) is 11.5 Å². The lowest BCUT2D eigenvalue weighted by Gasteiger charge is -2.22. The van der Waals surface area contributed by atoms with Gasteiger partial charge in [-0.2, -0.15) is 16.8 Å². The highest BCUT2D eigenvalue weighted by atomic mass is 32.2. The number of aromatic hydroxyl groups is 2. The predicted molar refractivity (Wildman–Crippen MR) is 138 cm³/mol. The lowest BCUT2D eigenvalue weighted by Crippen LogP contribution is -2.14. The minimum absolute atomic E-state index is 0.104. The van der Waals surface area contributed by atoms with Crippen LogP contribution >= 0.6 is 0 Å². The van der Waals surface area contributed by atoms with Crippen molar-refractivity contribution in [3.05, 3.63) is 46.5 Å². The third-order valence-electron chi connectivity index (χ3n) is 5.26. The number of benzene rings is 2. The second kappa shape index (κ2) is 10.3. The highest BCUT2D eigenvalue weighted by Gasteiger charge is 2.25. The van der Waals surface area contributed by atoms with Crippen molar-refractivity contribution < 1.29 is 36.2 Å². The maximum Gasteiger partial charge on any atom is 0.294 e. The van der Waals surface area contributed by atoms with E-state index in [0.717, 1.165) is 12.1 Å². The van der Waals surface area contributed by atoms with Gasteiger partial charge in [-0.1, -0.05) is 41.5 Å². The predicted octanol–water partition coefficient (Wildman–Crippen LogP) is 3.72. The van der Waals surface area contributed by atoms with Gasteiger partial charge in [0.25, 0.3) is 20.2 Å². The molecule has 0 amide bonds. The van der Waals surface area contributed by atoms with E-state index < -0.39 is 31.1 Å². The van der Waals surface area contributed by atoms with Crippen LogP contribution in [0, 0.1) is 0 Å². The number of phenols is 2. The van der Waals surface area contributed by atoms with E-state index in [0.29, 0.717) is 11.1 Å². The van der Waals surface area contributed by atoms with Gasteiger partial charge in [0.15, 0.2) is 0 Å². The molecule has 36 heavy (non-hydrogen) atoms. The quantitative estimate of drug-likeness (QED) is 0.233. The third kappa shape index (κ3) is 7.36. The first-order valence-corrected chi connectivity index (χ1v) is 13.8. The molecule has 2 aromatic rings. The molecule has 2 rings (SSSR count). The second-order valence-electron chi connectivity index (χ2n) is 10.3. The van der Waals surface area contributed by atoms with Gasteiger partial charge in [0, 0.05) is 34.7 Å². The smallest absolute Gasteiger partial charge is 0.294 e. The molecular formula is C24H32N2O8S2. The van der Waals surface area contributed by atoms with Gasteiger partial charge in [-0.3, -0.25) is 19.1 Å². The van der Waals surface area contributed by atoms with E-state index in [2.05, 4.69) is 9.98 Å². The fraction of sp³-hybridized carbons (Fsp3) is 0.417. The van der Waals surface area contributed by atoms with Crippen molar-refractivity contribution in [2.45, 2.75) is 62.2 Å². The van der Waals surface area contributed by atoms with Crippen LogP contribution < -0.4 is 0 Å². The van der Waals surface area contributed by atoms with Gasteiger partial charge in [-0.25, -0.2) is 0 Å². The van der Waals surface area contributed by atoms with E-state index in [1.165, 1.54) is 24.6 Å². The van der Waals surface area contributed by atoms with Crippen molar-refractivity contribution in [2.75, 3.05) is 13.1 Å². The molecule has 0 aliphatic rings. The number of nitrogens with zero attached hydrogens (tertiary/aromatic N) is 2. The Hall–Kier alpha value is -2.80. The normalized spacial score (nSPS) is 13.7. The Morgan fingerprint density at radius 2 is 0.972 bits per heavy atom. The zero-order valence-corrected chi connectivity index (χ0v) is 22.6. The van der Waals surface area contributed by atoms with Crippen LogP contribution in [0.4, 0.5) is 0 Å². The molecule has 0 unspecified atom stereocenters. The lowest BCUT2D eigenvalue weighted by atomic mass is 9.85. The van der Waals surface area contributed by atoms with Crippen LogP contribution in [0.2, 0.25) is 0 Å². The van der Waals surface area contributed by atoms with Crippen molar-refractivity contribution in [2.24, 2.45) is 9.98 Å². The molecule has 0 radical (unpaired) electrons. The molecule has 0 spiro atoms. The Kier molecular flexibility index (Phi) is 8.41. The van der Waals surface area contributed by atoms with Gasteiger partial charge in [0.05, 0.1) is 22.9 Å². The van der Waals surface area contributed by atoms with E-state index >= 15 is 0 Å². The van der Waals surface area contributed by atoms with Gasteiger partial charge in [0.2, 0.25) is 0 Å². The fourth-order valence-electron chi connectivity index (χ4n) is 3.34. The van der Waals surface area contributed by atoms with Gasteiger partial charge in [-0.15, -0.1) is 0 Å². The summed E-state index contributed by atoms with van der Waals surface area (Å²) in [6.45, 7) is 10.9. The van der Waals surface area contributed by atoms with Crippen LogP contribution in [0.5, 0.6) is 11.5 Å².